The van der Waals surface area contributed by atoms with Crippen molar-refractivity contribution in [3.05, 3.63) is 30.1 Å². The molecule has 0 spiro atoms. The second-order valence-corrected chi connectivity index (χ2v) is 3.38. The van der Waals surface area contributed by atoms with Crippen LogP contribution in [0.1, 0.15) is 0 Å². The van der Waals surface area contributed by atoms with Gasteiger partial charge in [-0.1, -0.05) is 0 Å². The number of hydrogen-bond acceptors (Lipinski definition) is 4. The third-order valence-corrected chi connectivity index (χ3v) is 2.03. The zero-order chi connectivity index (χ0) is 13.5. The first-order chi connectivity index (χ1) is 8.52. The smallest absolute Gasteiger partial charge is 0.336 e. The average molecular weight is 256 g/mol. The summed E-state index contributed by atoms with van der Waals surface area (Å²) in [5.41, 5.74) is 0.390. The van der Waals surface area contributed by atoms with Gasteiger partial charge in [-0.3, -0.25) is 0 Å². The Balaban J connectivity index is 2.38. The number of carbonyl (C=O) groups excluding carboxylic acids is 2. The normalized spacial score (nSPS) is 11.5. The minimum atomic E-state index is -1.42. The fraction of sp³-hybridized carbons (Fsp3) is 0.273. The molecule has 0 saturated carbocycles. The number of rotatable bonds is 4. The van der Waals surface area contributed by atoms with Crippen molar-refractivity contribution in [3.8, 4) is 0 Å². The van der Waals surface area contributed by atoms with Gasteiger partial charge in [0, 0.05) is 5.69 Å². The minimum absolute atomic E-state index is 0.278. The van der Waals surface area contributed by atoms with E-state index in [9.17, 15) is 19.1 Å². The van der Waals surface area contributed by atoms with Gasteiger partial charge in [-0.15, -0.1) is 0 Å². The Morgan fingerprint density at radius 1 is 1.39 bits per heavy atom. The number of aliphatic hydroxyl groups is 1. The van der Waals surface area contributed by atoms with Gasteiger partial charge in [0.25, 0.3) is 0 Å². The van der Waals surface area contributed by atoms with E-state index in [0.717, 1.165) is 7.11 Å². The predicted octanol–water partition coefficient (Wildman–Crippen LogP) is 0.481. The molecular formula is C11H13FN2O4. The van der Waals surface area contributed by atoms with E-state index in [1.54, 1.807) is 0 Å². The van der Waals surface area contributed by atoms with E-state index in [2.05, 4.69) is 15.4 Å². The summed E-state index contributed by atoms with van der Waals surface area (Å²) in [6.45, 7) is -0.278. The molecule has 0 radical (unpaired) electrons. The molecule has 1 atom stereocenters. The molecule has 0 aliphatic heterocycles. The number of aliphatic hydroxyl groups excluding tert-OH is 1. The molecule has 1 rings (SSSR count). The van der Waals surface area contributed by atoms with Crippen LogP contribution in [0.5, 0.6) is 0 Å². The number of esters is 1. The Morgan fingerprint density at radius 2 is 2.00 bits per heavy atom. The van der Waals surface area contributed by atoms with Crippen molar-refractivity contribution >= 4 is 17.7 Å². The Morgan fingerprint density at radius 3 is 2.56 bits per heavy atom. The third kappa shape index (κ3) is 4.38. The van der Waals surface area contributed by atoms with Gasteiger partial charge >= 0.3 is 12.0 Å². The number of anilines is 1. The lowest BCUT2D eigenvalue weighted by Crippen LogP contribution is -2.39. The van der Waals surface area contributed by atoms with Gasteiger partial charge in [-0.25, -0.2) is 14.0 Å². The van der Waals surface area contributed by atoms with Crippen LogP contribution in [0.2, 0.25) is 0 Å². The number of nitrogens with one attached hydrogen (secondary N) is 2. The van der Waals surface area contributed by atoms with Crippen LogP contribution >= 0.6 is 0 Å². The summed E-state index contributed by atoms with van der Waals surface area (Å²) >= 11 is 0. The Kier molecular flexibility index (Phi) is 5.06. The van der Waals surface area contributed by atoms with Crippen LogP contribution in [-0.2, 0) is 9.53 Å². The summed E-state index contributed by atoms with van der Waals surface area (Å²) in [4.78, 5) is 22.2. The number of benzene rings is 1. The Bertz CT molecular complexity index is 422. The van der Waals surface area contributed by atoms with Crippen molar-refractivity contribution in [2.45, 2.75) is 6.10 Å². The molecule has 18 heavy (non-hydrogen) atoms. The molecule has 0 saturated heterocycles. The first-order valence-corrected chi connectivity index (χ1v) is 5.09. The number of amides is 2. The number of hydrogen-bond donors (Lipinski definition) is 3. The van der Waals surface area contributed by atoms with E-state index in [1.165, 1.54) is 24.3 Å². The lowest BCUT2D eigenvalue weighted by Gasteiger charge is -2.10. The highest BCUT2D eigenvalue weighted by Crippen LogP contribution is 2.07. The molecular weight excluding hydrogens is 243 g/mol. The van der Waals surface area contributed by atoms with Gasteiger partial charge in [0.2, 0.25) is 0 Å². The zero-order valence-electron chi connectivity index (χ0n) is 9.64. The second-order valence-electron chi connectivity index (χ2n) is 3.38. The standard InChI is InChI=1S/C11H13FN2O4/c1-18-10(16)9(15)6-13-11(17)14-8-4-2-7(12)3-5-8/h2-5,9,15H,6H2,1H3,(H2,13,14,17). The number of carbonyl (C=O) groups is 2. The molecule has 98 valence electrons. The first kappa shape index (κ1) is 13.9. The molecule has 2 amide bonds. The van der Waals surface area contributed by atoms with E-state index in [0.29, 0.717) is 5.69 Å². The largest absolute Gasteiger partial charge is 0.467 e. The van der Waals surface area contributed by atoms with Gasteiger partial charge in [-0.05, 0) is 24.3 Å². The summed E-state index contributed by atoms with van der Waals surface area (Å²) in [6.07, 6.45) is -1.42. The third-order valence-electron chi connectivity index (χ3n) is 2.03. The molecule has 0 fully saturated rings. The van der Waals surface area contributed by atoms with Crippen LogP contribution in [-0.4, -0.2) is 36.9 Å². The molecule has 7 heteroatoms. The lowest BCUT2D eigenvalue weighted by atomic mass is 10.3. The summed E-state index contributed by atoms with van der Waals surface area (Å²) < 4.78 is 16.9. The summed E-state index contributed by atoms with van der Waals surface area (Å²) in [6, 6.07) is 4.53. The lowest BCUT2D eigenvalue weighted by molar-refractivity contribution is -0.149. The molecule has 0 aromatic heterocycles. The summed E-state index contributed by atoms with van der Waals surface area (Å²) in [7, 11) is 1.13. The molecule has 0 aliphatic carbocycles. The van der Waals surface area contributed by atoms with Crippen molar-refractivity contribution in [2.24, 2.45) is 0 Å². The van der Waals surface area contributed by atoms with Crippen LogP contribution in [0.3, 0.4) is 0 Å². The van der Waals surface area contributed by atoms with Gasteiger partial charge < -0.3 is 20.5 Å². The van der Waals surface area contributed by atoms with Gasteiger partial charge in [0.1, 0.15) is 5.82 Å². The SMILES string of the molecule is COC(=O)C(O)CNC(=O)Nc1ccc(F)cc1. The maximum atomic E-state index is 12.6. The second kappa shape index (κ2) is 6.55. The van der Waals surface area contributed by atoms with Gasteiger partial charge in [0.05, 0.1) is 13.7 Å². The van der Waals surface area contributed by atoms with E-state index in [1.807, 2.05) is 0 Å². The predicted molar refractivity (Wildman–Crippen MR) is 61.4 cm³/mol. The van der Waals surface area contributed by atoms with E-state index >= 15 is 0 Å². The van der Waals surface area contributed by atoms with Crippen molar-refractivity contribution < 1.29 is 23.8 Å². The molecule has 1 aromatic carbocycles. The Hall–Kier alpha value is -2.15. The summed E-state index contributed by atoms with van der Waals surface area (Å²) in [5.74, 6) is -1.25. The summed E-state index contributed by atoms with van der Waals surface area (Å²) in [5, 5.41) is 13.9. The molecule has 6 nitrogen and oxygen atoms in total. The van der Waals surface area contributed by atoms with Crippen LogP contribution in [0.15, 0.2) is 24.3 Å². The molecule has 0 bridgehead atoms. The molecule has 3 N–H and O–H groups in total. The quantitative estimate of drug-likeness (QED) is 0.684. The molecule has 1 aromatic rings. The maximum absolute atomic E-state index is 12.6. The van der Waals surface area contributed by atoms with Crippen molar-refractivity contribution in [1.82, 2.24) is 5.32 Å². The number of halogens is 1. The topological polar surface area (TPSA) is 87.7 Å². The first-order valence-electron chi connectivity index (χ1n) is 5.09. The van der Waals surface area contributed by atoms with E-state index < -0.39 is 23.9 Å². The fourth-order valence-electron chi connectivity index (χ4n) is 1.12. The van der Waals surface area contributed by atoms with Gasteiger partial charge in [-0.2, -0.15) is 0 Å². The highest BCUT2D eigenvalue weighted by Gasteiger charge is 2.15. The van der Waals surface area contributed by atoms with Crippen molar-refractivity contribution in [2.75, 3.05) is 19.0 Å². The van der Waals surface area contributed by atoms with Crippen LogP contribution in [0.4, 0.5) is 14.9 Å². The van der Waals surface area contributed by atoms with Crippen LogP contribution < -0.4 is 10.6 Å². The highest BCUT2D eigenvalue weighted by atomic mass is 19.1. The highest BCUT2D eigenvalue weighted by molar-refractivity contribution is 5.89. The maximum Gasteiger partial charge on any atom is 0.336 e. The van der Waals surface area contributed by atoms with Crippen LogP contribution in [0.25, 0.3) is 0 Å². The fourth-order valence-corrected chi connectivity index (χ4v) is 1.12. The molecule has 1 unspecified atom stereocenters. The number of urea groups is 1. The van der Waals surface area contributed by atoms with Crippen molar-refractivity contribution in [1.29, 1.82) is 0 Å². The van der Waals surface area contributed by atoms with Crippen LogP contribution in [0, 0.1) is 5.82 Å². The average Bonchev–Trinajstić information content (AvgIpc) is 2.37. The Labute approximate surface area is 103 Å². The number of methoxy groups -OCH3 is 1. The molecule has 0 heterocycles. The van der Waals surface area contributed by atoms with Gasteiger partial charge in [0.15, 0.2) is 6.10 Å². The van der Waals surface area contributed by atoms with E-state index in [-0.39, 0.29) is 6.54 Å². The zero-order valence-corrected chi connectivity index (χ0v) is 9.64. The monoisotopic (exact) mass is 256 g/mol. The molecule has 0 aliphatic rings. The number of ether oxygens (including phenoxy) is 1. The van der Waals surface area contributed by atoms with E-state index in [4.69, 9.17) is 0 Å². The van der Waals surface area contributed by atoms with Crippen molar-refractivity contribution in [3.63, 3.8) is 0 Å². The minimum Gasteiger partial charge on any atom is -0.467 e.